The highest BCUT2D eigenvalue weighted by molar-refractivity contribution is 6.35. The largest absolute Gasteiger partial charge is 0.322 e. The van der Waals surface area contributed by atoms with Gasteiger partial charge in [0.1, 0.15) is 0 Å². The third-order valence-electron chi connectivity index (χ3n) is 5.59. The molecule has 3 aromatic rings. The number of carbonyl (C=O) groups excluding carboxylic acids is 3. The molecule has 1 heterocycles. The van der Waals surface area contributed by atoms with Gasteiger partial charge in [-0.15, -0.1) is 0 Å². The van der Waals surface area contributed by atoms with Crippen molar-refractivity contribution in [2.75, 3.05) is 10.2 Å². The first-order valence-corrected chi connectivity index (χ1v) is 10.3. The third kappa shape index (κ3) is 3.63. The minimum atomic E-state index is -0.411. The number of amides is 3. The zero-order valence-electron chi connectivity index (χ0n) is 18.0. The Morgan fingerprint density at radius 1 is 0.871 bits per heavy atom. The molecule has 1 aliphatic rings. The second kappa shape index (κ2) is 7.84. The summed E-state index contributed by atoms with van der Waals surface area (Å²) in [6, 6.07) is 18.0. The van der Waals surface area contributed by atoms with Crippen molar-refractivity contribution >= 4 is 29.1 Å². The van der Waals surface area contributed by atoms with Gasteiger partial charge in [0.2, 0.25) is 0 Å². The molecular weight excluding hydrogens is 388 g/mol. The van der Waals surface area contributed by atoms with Crippen LogP contribution in [0, 0.1) is 13.8 Å². The van der Waals surface area contributed by atoms with E-state index in [1.807, 2.05) is 56.3 Å². The van der Waals surface area contributed by atoms with Crippen molar-refractivity contribution in [3.63, 3.8) is 0 Å². The van der Waals surface area contributed by atoms with Crippen LogP contribution in [0.1, 0.15) is 67.5 Å². The Kier molecular flexibility index (Phi) is 5.19. The van der Waals surface area contributed by atoms with E-state index >= 15 is 0 Å². The van der Waals surface area contributed by atoms with Crippen LogP contribution in [0.15, 0.2) is 60.7 Å². The Bertz CT molecular complexity index is 1230. The maximum atomic E-state index is 13.1. The second-order valence-corrected chi connectivity index (χ2v) is 8.19. The Balaban J connectivity index is 1.66. The molecule has 0 aromatic heterocycles. The van der Waals surface area contributed by atoms with Crippen LogP contribution in [-0.2, 0) is 0 Å². The number of fused-ring (bicyclic) bond motifs is 1. The first-order valence-electron chi connectivity index (χ1n) is 10.3. The molecule has 3 amide bonds. The predicted molar refractivity (Wildman–Crippen MR) is 122 cm³/mol. The van der Waals surface area contributed by atoms with Gasteiger partial charge in [0.05, 0.1) is 16.8 Å². The molecule has 0 bridgehead atoms. The maximum absolute atomic E-state index is 13.1. The van der Waals surface area contributed by atoms with Crippen LogP contribution in [0.25, 0.3) is 0 Å². The van der Waals surface area contributed by atoms with Crippen molar-refractivity contribution in [3.8, 4) is 0 Å². The summed E-state index contributed by atoms with van der Waals surface area (Å²) in [6.45, 7) is 7.90. The molecule has 1 aliphatic heterocycles. The van der Waals surface area contributed by atoms with Crippen molar-refractivity contribution in [1.82, 2.24) is 0 Å². The molecule has 0 atom stereocenters. The van der Waals surface area contributed by atoms with Gasteiger partial charge in [0.15, 0.2) is 0 Å². The number of nitrogens with zero attached hydrogens (tertiary/aromatic N) is 1. The summed E-state index contributed by atoms with van der Waals surface area (Å²) in [5, 5.41) is 2.94. The van der Waals surface area contributed by atoms with Gasteiger partial charge in [-0.05, 0) is 66.8 Å². The Morgan fingerprint density at radius 3 is 2.32 bits per heavy atom. The lowest BCUT2D eigenvalue weighted by Gasteiger charge is -2.17. The van der Waals surface area contributed by atoms with Crippen LogP contribution in [0.3, 0.4) is 0 Å². The molecule has 31 heavy (non-hydrogen) atoms. The number of imide groups is 1. The number of hydrogen-bond acceptors (Lipinski definition) is 3. The van der Waals surface area contributed by atoms with Crippen molar-refractivity contribution < 1.29 is 14.4 Å². The zero-order valence-corrected chi connectivity index (χ0v) is 18.0. The number of para-hydroxylation sites is 1. The van der Waals surface area contributed by atoms with Gasteiger partial charge in [-0.2, -0.15) is 0 Å². The van der Waals surface area contributed by atoms with Crippen molar-refractivity contribution in [1.29, 1.82) is 0 Å². The lowest BCUT2D eigenvalue weighted by Crippen LogP contribution is -2.30. The lowest BCUT2D eigenvalue weighted by molar-refractivity contribution is 0.0925. The van der Waals surface area contributed by atoms with Gasteiger partial charge >= 0.3 is 0 Å². The van der Waals surface area contributed by atoms with Crippen LogP contribution in [0.4, 0.5) is 11.4 Å². The minimum absolute atomic E-state index is 0.246. The molecule has 0 unspecified atom stereocenters. The van der Waals surface area contributed by atoms with E-state index in [4.69, 9.17) is 0 Å². The van der Waals surface area contributed by atoms with Gasteiger partial charge in [-0.1, -0.05) is 44.2 Å². The summed E-state index contributed by atoms with van der Waals surface area (Å²) in [4.78, 5) is 40.2. The monoisotopic (exact) mass is 412 g/mol. The van der Waals surface area contributed by atoms with Crippen LogP contribution in [-0.4, -0.2) is 17.7 Å². The van der Waals surface area contributed by atoms with E-state index in [1.54, 1.807) is 12.1 Å². The number of benzene rings is 3. The van der Waals surface area contributed by atoms with E-state index in [9.17, 15) is 14.4 Å². The number of hydrogen-bond donors (Lipinski definition) is 1. The van der Waals surface area contributed by atoms with Gasteiger partial charge in [0, 0.05) is 11.3 Å². The second-order valence-electron chi connectivity index (χ2n) is 8.19. The predicted octanol–water partition coefficient (Wildman–Crippen LogP) is 5.48. The first kappa shape index (κ1) is 20.5. The molecule has 156 valence electrons. The van der Waals surface area contributed by atoms with E-state index in [0.29, 0.717) is 16.8 Å². The van der Waals surface area contributed by atoms with Crippen LogP contribution < -0.4 is 10.2 Å². The fourth-order valence-electron chi connectivity index (χ4n) is 3.87. The Morgan fingerprint density at radius 2 is 1.58 bits per heavy atom. The van der Waals surface area contributed by atoms with Gasteiger partial charge in [-0.3, -0.25) is 14.4 Å². The molecule has 0 saturated heterocycles. The summed E-state index contributed by atoms with van der Waals surface area (Å²) >= 11 is 0. The Labute approximate surface area is 181 Å². The van der Waals surface area contributed by atoms with E-state index in [-0.39, 0.29) is 23.3 Å². The van der Waals surface area contributed by atoms with Crippen LogP contribution >= 0.6 is 0 Å². The quantitative estimate of drug-likeness (QED) is 0.577. The van der Waals surface area contributed by atoms with Gasteiger partial charge in [0.25, 0.3) is 17.7 Å². The van der Waals surface area contributed by atoms with Crippen LogP contribution in [0.5, 0.6) is 0 Å². The Hall–Kier alpha value is -3.73. The molecule has 1 N–H and O–H groups in total. The molecule has 3 aromatic carbocycles. The molecule has 5 heteroatoms. The van der Waals surface area contributed by atoms with Crippen LogP contribution in [0.2, 0.25) is 0 Å². The molecule has 0 spiro atoms. The SMILES string of the molecule is Cc1ccc(C)c(N2C(=O)c3ccc(C(=O)Nc4ccccc4C(C)C)cc3C2=O)c1. The maximum Gasteiger partial charge on any atom is 0.266 e. The summed E-state index contributed by atoms with van der Waals surface area (Å²) in [5.74, 6) is -0.847. The summed E-state index contributed by atoms with van der Waals surface area (Å²) in [6.07, 6.45) is 0. The average molecular weight is 412 g/mol. The standard InChI is InChI=1S/C26H24N2O3/c1-15(2)19-7-5-6-8-22(19)27-24(29)18-11-12-20-21(14-18)26(31)28(25(20)30)23-13-16(3)9-10-17(23)4/h5-15H,1-4H3,(H,27,29). The van der Waals surface area contributed by atoms with Crippen molar-refractivity contribution in [2.24, 2.45) is 0 Å². The van der Waals surface area contributed by atoms with Gasteiger partial charge < -0.3 is 5.32 Å². The highest BCUT2D eigenvalue weighted by Crippen LogP contribution is 2.32. The molecule has 4 rings (SSSR count). The zero-order chi connectivity index (χ0) is 22.3. The molecule has 0 aliphatic carbocycles. The summed E-state index contributed by atoms with van der Waals surface area (Å²) in [7, 11) is 0. The van der Waals surface area contributed by atoms with Crippen molar-refractivity contribution in [3.05, 3.63) is 94.0 Å². The molecule has 0 fully saturated rings. The van der Waals surface area contributed by atoms with E-state index in [2.05, 4.69) is 19.2 Å². The number of nitrogens with one attached hydrogen (secondary N) is 1. The lowest BCUT2D eigenvalue weighted by atomic mass is 10.0. The highest BCUT2D eigenvalue weighted by atomic mass is 16.2. The third-order valence-corrected chi connectivity index (χ3v) is 5.59. The first-order chi connectivity index (χ1) is 14.8. The topological polar surface area (TPSA) is 66.5 Å². The van der Waals surface area contributed by atoms with Crippen molar-refractivity contribution in [2.45, 2.75) is 33.6 Å². The van der Waals surface area contributed by atoms with E-state index < -0.39 is 5.91 Å². The smallest absolute Gasteiger partial charge is 0.266 e. The number of rotatable bonds is 4. The molecular formula is C26H24N2O3. The normalized spacial score (nSPS) is 13.0. The summed E-state index contributed by atoms with van der Waals surface area (Å²) < 4.78 is 0. The number of anilines is 2. The fourth-order valence-corrected chi connectivity index (χ4v) is 3.87. The summed E-state index contributed by atoms with van der Waals surface area (Å²) in [5.41, 5.74) is 5.03. The average Bonchev–Trinajstić information content (AvgIpc) is 3.00. The van der Waals surface area contributed by atoms with E-state index in [0.717, 1.165) is 22.4 Å². The van der Waals surface area contributed by atoms with Gasteiger partial charge in [-0.25, -0.2) is 4.90 Å². The number of carbonyl (C=O) groups is 3. The number of aryl methyl sites for hydroxylation is 2. The van der Waals surface area contributed by atoms with E-state index in [1.165, 1.54) is 11.0 Å². The molecule has 0 saturated carbocycles. The minimum Gasteiger partial charge on any atom is -0.322 e. The molecule has 5 nitrogen and oxygen atoms in total. The fraction of sp³-hybridized carbons (Fsp3) is 0.192. The molecule has 0 radical (unpaired) electrons. The highest BCUT2D eigenvalue weighted by Gasteiger charge is 2.37.